The fourth-order valence-electron chi connectivity index (χ4n) is 3.71. The number of fused-ring (bicyclic) bond motifs is 1. The Labute approximate surface area is 148 Å². The summed E-state index contributed by atoms with van der Waals surface area (Å²) in [5.74, 6) is 1.05. The van der Waals surface area contributed by atoms with Crippen molar-refractivity contribution in [3.63, 3.8) is 0 Å². The summed E-state index contributed by atoms with van der Waals surface area (Å²) in [4.78, 5) is 24.2. The maximum Gasteiger partial charge on any atom is 0.228 e. The van der Waals surface area contributed by atoms with E-state index in [1.165, 1.54) is 5.56 Å². The van der Waals surface area contributed by atoms with Crippen molar-refractivity contribution in [2.24, 2.45) is 5.92 Å². The summed E-state index contributed by atoms with van der Waals surface area (Å²) >= 11 is 0. The van der Waals surface area contributed by atoms with Crippen molar-refractivity contribution in [2.75, 3.05) is 26.3 Å². The van der Waals surface area contributed by atoms with Crippen molar-refractivity contribution in [2.45, 2.75) is 26.2 Å². The molecule has 0 bridgehead atoms. The number of ether oxygens (including phenoxy) is 1. The lowest BCUT2D eigenvalue weighted by Gasteiger charge is -2.23. The largest absolute Gasteiger partial charge is 0.381 e. The summed E-state index contributed by atoms with van der Waals surface area (Å²) in [5.41, 5.74) is 4.36. The first-order valence-electron chi connectivity index (χ1n) is 9.00. The van der Waals surface area contributed by atoms with Gasteiger partial charge >= 0.3 is 0 Å². The van der Waals surface area contributed by atoms with Crippen LogP contribution in [0.3, 0.4) is 0 Å². The number of rotatable bonds is 2. The molecular weight excluding hydrogens is 314 g/mol. The van der Waals surface area contributed by atoms with Crippen LogP contribution in [0.1, 0.15) is 23.4 Å². The summed E-state index contributed by atoms with van der Waals surface area (Å²) in [6.07, 6.45) is 2.46. The second kappa shape index (κ2) is 6.92. The molecule has 0 unspecified atom stereocenters. The molecule has 1 saturated heterocycles. The Kier molecular flexibility index (Phi) is 4.49. The monoisotopic (exact) mass is 337 g/mol. The lowest BCUT2D eigenvalue weighted by Crippen LogP contribution is -2.38. The number of carbonyl (C=O) groups is 1. The van der Waals surface area contributed by atoms with Crippen LogP contribution in [-0.2, 0) is 22.4 Å². The van der Waals surface area contributed by atoms with Crippen molar-refractivity contribution >= 4 is 5.91 Å². The van der Waals surface area contributed by atoms with Crippen LogP contribution in [-0.4, -0.2) is 47.1 Å². The van der Waals surface area contributed by atoms with Crippen LogP contribution >= 0.6 is 0 Å². The molecule has 0 radical (unpaired) electrons. The van der Waals surface area contributed by atoms with Gasteiger partial charge in [-0.05, 0) is 25.3 Å². The van der Waals surface area contributed by atoms with Gasteiger partial charge in [-0.1, -0.05) is 30.3 Å². The number of hydrogen-bond acceptors (Lipinski definition) is 4. The number of nitrogens with zero attached hydrogens (tertiary/aromatic N) is 3. The molecular formula is C20H23N3O2. The van der Waals surface area contributed by atoms with Crippen LogP contribution in [0.2, 0.25) is 0 Å². The van der Waals surface area contributed by atoms with Crippen LogP contribution < -0.4 is 0 Å². The smallest absolute Gasteiger partial charge is 0.228 e. The Hall–Kier alpha value is -2.27. The minimum Gasteiger partial charge on any atom is -0.381 e. The second-order valence-electron chi connectivity index (χ2n) is 6.81. The molecule has 2 aliphatic heterocycles. The molecule has 1 aromatic heterocycles. The fraction of sp³-hybridized carbons (Fsp3) is 0.450. The summed E-state index contributed by atoms with van der Waals surface area (Å²) < 4.78 is 5.38. The van der Waals surface area contributed by atoms with Crippen molar-refractivity contribution in [1.29, 1.82) is 0 Å². The lowest BCUT2D eigenvalue weighted by molar-refractivity contribution is -0.135. The molecule has 1 amide bonds. The number of aryl methyl sites for hydroxylation is 1. The molecule has 1 aromatic carbocycles. The quantitative estimate of drug-likeness (QED) is 0.844. The van der Waals surface area contributed by atoms with Gasteiger partial charge in [-0.2, -0.15) is 0 Å². The molecule has 5 heteroatoms. The summed E-state index contributed by atoms with van der Waals surface area (Å²) in [7, 11) is 0. The van der Waals surface area contributed by atoms with E-state index in [2.05, 4.69) is 6.92 Å². The highest BCUT2D eigenvalue weighted by molar-refractivity contribution is 5.79. The van der Waals surface area contributed by atoms with Gasteiger partial charge in [-0.3, -0.25) is 4.79 Å². The molecule has 2 aliphatic rings. The molecule has 2 aromatic rings. The Morgan fingerprint density at radius 3 is 2.72 bits per heavy atom. The Morgan fingerprint density at radius 2 is 1.96 bits per heavy atom. The first-order valence-corrected chi connectivity index (χ1v) is 9.00. The standard InChI is InChI=1S/C20H23N3O2/c1-14-17-7-10-23(20(24)16-9-12-25-13-16)11-8-18(17)22-19(21-14)15-5-3-2-4-6-15/h2-6,16H,7-13H2,1H3/t16-/m1/s1. The first-order chi connectivity index (χ1) is 12.2. The summed E-state index contributed by atoms with van der Waals surface area (Å²) in [6, 6.07) is 10.1. The van der Waals surface area contributed by atoms with E-state index in [4.69, 9.17) is 14.7 Å². The van der Waals surface area contributed by atoms with E-state index in [1.807, 2.05) is 35.2 Å². The average Bonchev–Trinajstić information content (AvgIpc) is 3.09. The first kappa shape index (κ1) is 16.2. The summed E-state index contributed by atoms with van der Waals surface area (Å²) in [5, 5.41) is 0. The lowest BCUT2D eigenvalue weighted by atomic mass is 10.1. The highest BCUT2D eigenvalue weighted by Gasteiger charge is 2.29. The maximum absolute atomic E-state index is 12.7. The van der Waals surface area contributed by atoms with E-state index in [-0.39, 0.29) is 11.8 Å². The zero-order valence-corrected chi connectivity index (χ0v) is 14.6. The van der Waals surface area contributed by atoms with Crippen LogP contribution in [0.15, 0.2) is 30.3 Å². The van der Waals surface area contributed by atoms with Crippen LogP contribution in [0.4, 0.5) is 0 Å². The van der Waals surface area contributed by atoms with E-state index in [0.717, 1.165) is 55.1 Å². The molecule has 0 N–H and O–H groups in total. The Bertz CT molecular complexity index is 770. The number of benzene rings is 1. The minimum absolute atomic E-state index is 0.0354. The van der Waals surface area contributed by atoms with Gasteiger partial charge < -0.3 is 9.64 Å². The SMILES string of the molecule is Cc1nc(-c2ccccc2)nc2c1CCN(C(=O)[C@@H]1CCOC1)CC2. The third-order valence-corrected chi connectivity index (χ3v) is 5.17. The van der Waals surface area contributed by atoms with Crippen LogP contribution in [0.5, 0.6) is 0 Å². The van der Waals surface area contributed by atoms with Crippen LogP contribution in [0.25, 0.3) is 11.4 Å². The minimum atomic E-state index is 0.0354. The number of carbonyl (C=O) groups excluding carboxylic acids is 1. The molecule has 25 heavy (non-hydrogen) atoms. The van der Waals surface area contributed by atoms with Crippen molar-refractivity contribution < 1.29 is 9.53 Å². The van der Waals surface area contributed by atoms with Gasteiger partial charge in [0.25, 0.3) is 0 Å². The number of hydrogen-bond donors (Lipinski definition) is 0. The van der Waals surface area contributed by atoms with Crippen molar-refractivity contribution in [3.8, 4) is 11.4 Å². The molecule has 3 heterocycles. The topological polar surface area (TPSA) is 55.3 Å². The van der Waals surface area contributed by atoms with Gasteiger partial charge in [0.15, 0.2) is 5.82 Å². The molecule has 0 saturated carbocycles. The van der Waals surface area contributed by atoms with E-state index in [1.54, 1.807) is 0 Å². The molecule has 5 nitrogen and oxygen atoms in total. The Morgan fingerprint density at radius 1 is 1.16 bits per heavy atom. The Balaban J connectivity index is 1.57. The maximum atomic E-state index is 12.7. The predicted octanol–water partition coefficient (Wildman–Crippen LogP) is 2.42. The van der Waals surface area contributed by atoms with Gasteiger partial charge in [0, 0.05) is 43.1 Å². The molecule has 0 aliphatic carbocycles. The molecule has 1 atom stereocenters. The van der Waals surface area contributed by atoms with E-state index < -0.39 is 0 Å². The summed E-state index contributed by atoms with van der Waals surface area (Å²) in [6.45, 7) is 4.80. The third kappa shape index (κ3) is 3.29. The third-order valence-electron chi connectivity index (χ3n) is 5.17. The van der Waals surface area contributed by atoms with Gasteiger partial charge in [-0.15, -0.1) is 0 Å². The van der Waals surface area contributed by atoms with Gasteiger partial charge in [0.05, 0.1) is 12.5 Å². The van der Waals surface area contributed by atoms with Crippen LogP contribution in [0, 0.1) is 12.8 Å². The molecule has 4 rings (SSSR count). The zero-order valence-electron chi connectivity index (χ0n) is 14.6. The normalized spacial score (nSPS) is 20.2. The second-order valence-corrected chi connectivity index (χ2v) is 6.81. The zero-order chi connectivity index (χ0) is 17.2. The fourth-order valence-corrected chi connectivity index (χ4v) is 3.71. The van der Waals surface area contributed by atoms with Crippen molar-refractivity contribution in [3.05, 3.63) is 47.3 Å². The predicted molar refractivity (Wildman–Crippen MR) is 95.1 cm³/mol. The van der Waals surface area contributed by atoms with E-state index in [0.29, 0.717) is 13.2 Å². The van der Waals surface area contributed by atoms with E-state index in [9.17, 15) is 4.79 Å². The molecule has 130 valence electrons. The molecule has 0 spiro atoms. The number of aromatic nitrogens is 2. The van der Waals surface area contributed by atoms with Crippen molar-refractivity contribution in [1.82, 2.24) is 14.9 Å². The number of amides is 1. The highest BCUT2D eigenvalue weighted by atomic mass is 16.5. The van der Waals surface area contributed by atoms with Gasteiger partial charge in [0.1, 0.15) is 0 Å². The van der Waals surface area contributed by atoms with Gasteiger partial charge in [0.2, 0.25) is 5.91 Å². The van der Waals surface area contributed by atoms with Gasteiger partial charge in [-0.25, -0.2) is 9.97 Å². The average molecular weight is 337 g/mol. The highest BCUT2D eigenvalue weighted by Crippen LogP contribution is 2.23. The molecule has 1 fully saturated rings. The van der Waals surface area contributed by atoms with E-state index >= 15 is 0 Å².